The van der Waals surface area contributed by atoms with Gasteiger partial charge in [0.1, 0.15) is 18.6 Å². The molecule has 6 nitrogen and oxygen atoms in total. The van der Waals surface area contributed by atoms with Crippen molar-refractivity contribution in [3.8, 4) is 0 Å². The van der Waals surface area contributed by atoms with Crippen LogP contribution in [0.2, 0.25) is 0 Å². The van der Waals surface area contributed by atoms with Crippen molar-refractivity contribution in [2.75, 3.05) is 7.05 Å². The Labute approximate surface area is 170 Å². The fraction of sp³-hybridized carbons (Fsp3) is 0.909. The van der Waals surface area contributed by atoms with Crippen LogP contribution < -0.4 is 5.32 Å². The molecule has 0 amide bonds. The number of hydrogen-bond acceptors (Lipinski definition) is 6. The van der Waals surface area contributed by atoms with Crippen molar-refractivity contribution in [3.63, 3.8) is 0 Å². The fourth-order valence-corrected chi connectivity index (χ4v) is 5.25. The lowest BCUT2D eigenvalue weighted by Gasteiger charge is -2.53. The molecule has 28 heavy (non-hydrogen) atoms. The predicted molar refractivity (Wildman–Crippen MR) is 110 cm³/mol. The zero-order chi connectivity index (χ0) is 21.5. The van der Waals surface area contributed by atoms with Crippen molar-refractivity contribution in [2.24, 2.45) is 0 Å². The summed E-state index contributed by atoms with van der Waals surface area (Å²) in [5, 5.41) is 3.56. The van der Waals surface area contributed by atoms with E-state index in [4.69, 9.17) is 9.47 Å². The Morgan fingerprint density at radius 2 is 1.14 bits per heavy atom. The number of nitrogens with one attached hydrogen (secondary N) is 1. The minimum atomic E-state index is -0.491. The summed E-state index contributed by atoms with van der Waals surface area (Å²) in [7, 11) is 2.11. The molecular formula is C22H40N2O4. The van der Waals surface area contributed by atoms with E-state index in [1.807, 2.05) is 0 Å². The lowest BCUT2D eigenvalue weighted by atomic mass is 9.79. The number of carbonyl (C=O) groups excluding carboxylic acids is 2. The number of hydrogen-bond donors (Lipinski definition) is 1. The lowest BCUT2D eigenvalue weighted by Crippen LogP contribution is -2.60. The maximum atomic E-state index is 12.4. The maximum Gasteiger partial charge on any atom is 0.317 e. The van der Waals surface area contributed by atoms with Gasteiger partial charge in [-0.25, -0.2) is 0 Å². The summed E-state index contributed by atoms with van der Waals surface area (Å²) in [4.78, 5) is 27.0. The van der Waals surface area contributed by atoms with Gasteiger partial charge in [0.25, 0.3) is 0 Å². The topological polar surface area (TPSA) is 67.9 Å². The summed E-state index contributed by atoms with van der Waals surface area (Å²) in [5.74, 6) is -0.978. The monoisotopic (exact) mass is 396 g/mol. The molecule has 2 saturated heterocycles. The molecule has 0 bridgehead atoms. The highest BCUT2D eigenvalue weighted by Gasteiger charge is 2.44. The maximum absolute atomic E-state index is 12.4. The summed E-state index contributed by atoms with van der Waals surface area (Å²) >= 11 is 0. The van der Waals surface area contributed by atoms with Gasteiger partial charge < -0.3 is 14.8 Å². The Morgan fingerprint density at radius 1 is 0.786 bits per heavy atom. The number of rotatable bonds is 4. The molecule has 162 valence electrons. The Bertz CT molecular complexity index is 576. The lowest BCUT2D eigenvalue weighted by molar-refractivity contribution is -0.167. The fourth-order valence-electron chi connectivity index (χ4n) is 5.25. The Kier molecular flexibility index (Phi) is 6.28. The van der Waals surface area contributed by atoms with Gasteiger partial charge in [-0.05, 0) is 62.4 Å². The zero-order valence-corrected chi connectivity index (χ0v) is 19.3. The van der Waals surface area contributed by atoms with Crippen molar-refractivity contribution < 1.29 is 19.1 Å². The van der Waals surface area contributed by atoms with E-state index in [1.54, 1.807) is 0 Å². The van der Waals surface area contributed by atoms with Crippen LogP contribution in [-0.4, -0.2) is 58.2 Å². The van der Waals surface area contributed by atoms with Crippen molar-refractivity contribution >= 4 is 11.9 Å². The third-order valence-corrected chi connectivity index (χ3v) is 6.31. The Hall–Kier alpha value is -1.14. The largest absolute Gasteiger partial charge is 0.462 e. The van der Waals surface area contributed by atoms with Crippen molar-refractivity contribution in [2.45, 2.75) is 122 Å². The molecule has 0 aromatic rings. The number of likely N-dealkylation sites (tertiary alicyclic amines) is 1. The van der Waals surface area contributed by atoms with Crippen LogP contribution in [0.3, 0.4) is 0 Å². The van der Waals surface area contributed by atoms with E-state index in [0.29, 0.717) is 0 Å². The molecule has 2 aliphatic rings. The van der Waals surface area contributed by atoms with Gasteiger partial charge in [-0.3, -0.25) is 14.5 Å². The van der Waals surface area contributed by atoms with E-state index >= 15 is 0 Å². The highest BCUT2D eigenvalue weighted by molar-refractivity contribution is 5.91. The van der Waals surface area contributed by atoms with Crippen LogP contribution in [0.4, 0.5) is 0 Å². The molecule has 0 radical (unpaired) electrons. The average molecular weight is 397 g/mol. The molecule has 0 atom stereocenters. The summed E-state index contributed by atoms with van der Waals surface area (Å²) in [5.41, 5.74) is -0.365. The minimum Gasteiger partial charge on any atom is -0.462 e. The molecule has 2 heterocycles. The van der Waals surface area contributed by atoms with Crippen molar-refractivity contribution in [1.82, 2.24) is 10.2 Å². The first-order valence-electron chi connectivity index (χ1n) is 10.4. The minimum absolute atomic E-state index is 0.0700. The summed E-state index contributed by atoms with van der Waals surface area (Å²) < 4.78 is 11.3. The molecule has 0 spiro atoms. The average Bonchev–Trinajstić information content (AvgIpc) is 2.39. The van der Waals surface area contributed by atoms with Gasteiger partial charge in [0.15, 0.2) is 0 Å². The van der Waals surface area contributed by atoms with E-state index in [-0.39, 0.29) is 40.8 Å². The van der Waals surface area contributed by atoms with Crippen LogP contribution in [0.5, 0.6) is 0 Å². The molecule has 0 aromatic heterocycles. The number of carbonyl (C=O) groups is 2. The second kappa shape index (κ2) is 7.60. The highest BCUT2D eigenvalue weighted by Crippen LogP contribution is 2.38. The quantitative estimate of drug-likeness (QED) is 0.580. The third-order valence-electron chi connectivity index (χ3n) is 6.31. The normalized spacial score (nSPS) is 27.2. The summed E-state index contributed by atoms with van der Waals surface area (Å²) in [6.45, 7) is 17.0. The van der Waals surface area contributed by atoms with Gasteiger partial charge in [0.2, 0.25) is 0 Å². The van der Waals surface area contributed by atoms with E-state index in [2.05, 4.69) is 72.7 Å². The number of ether oxygens (including phenoxy) is 2. The second-order valence-electron chi connectivity index (χ2n) is 11.3. The number of esters is 2. The van der Waals surface area contributed by atoms with Gasteiger partial charge >= 0.3 is 11.9 Å². The van der Waals surface area contributed by atoms with Gasteiger partial charge in [-0.15, -0.1) is 0 Å². The molecule has 2 rings (SSSR count). The molecule has 1 N–H and O–H groups in total. The van der Waals surface area contributed by atoms with Crippen LogP contribution in [0.1, 0.15) is 87.5 Å². The van der Waals surface area contributed by atoms with Gasteiger partial charge in [0.05, 0.1) is 0 Å². The summed E-state index contributed by atoms with van der Waals surface area (Å²) in [6, 6.07) is 0. The van der Waals surface area contributed by atoms with Crippen LogP contribution in [0.15, 0.2) is 0 Å². The first-order valence-corrected chi connectivity index (χ1v) is 10.4. The van der Waals surface area contributed by atoms with Crippen molar-refractivity contribution in [1.29, 1.82) is 0 Å². The molecule has 0 saturated carbocycles. The number of piperidine rings is 2. The molecule has 0 aliphatic carbocycles. The molecule has 2 aliphatic heterocycles. The smallest absolute Gasteiger partial charge is 0.317 e. The number of nitrogens with zero attached hydrogens (tertiary/aromatic N) is 1. The molecule has 6 heteroatoms. The predicted octanol–water partition coefficient (Wildman–Crippen LogP) is 3.42. The summed E-state index contributed by atoms with van der Waals surface area (Å²) in [6.07, 6.45) is 2.28. The van der Waals surface area contributed by atoms with Gasteiger partial charge in [-0.2, -0.15) is 0 Å². The van der Waals surface area contributed by atoms with Gasteiger partial charge in [0, 0.05) is 47.8 Å². The first-order chi connectivity index (χ1) is 12.5. The van der Waals surface area contributed by atoms with Crippen LogP contribution in [0, 0.1) is 0 Å². The van der Waals surface area contributed by atoms with E-state index in [1.165, 1.54) is 0 Å². The Balaban J connectivity index is 1.88. The van der Waals surface area contributed by atoms with Crippen molar-refractivity contribution in [3.05, 3.63) is 0 Å². The third kappa shape index (κ3) is 5.93. The van der Waals surface area contributed by atoms with Crippen LogP contribution in [-0.2, 0) is 19.1 Å². The Morgan fingerprint density at radius 3 is 1.54 bits per heavy atom. The van der Waals surface area contributed by atoms with Crippen LogP contribution in [0.25, 0.3) is 0 Å². The highest BCUT2D eigenvalue weighted by atomic mass is 16.6. The standard InChI is InChI=1S/C22H40N2O4/c1-19(2)11-15(12-20(3,4)23-19)27-17(25)10-18(26)28-16-13-21(5,6)24(9)22(7,8)14-16/h15-16,23H,10-14H2,1-9H3. The molecular weight excluding hydrogens is 356 g/mol. The van der Waals surface area contributed by atoms with Gasteiger partial charge in [-0.1, -0.05) is 0 Å². The zero-order valence-electron chi connectivity index (χ0n) is 19.3. The first kappa shape index (κ1) is 23.1. The molecule has 0 aromatic carbocycles. The van der Waals surface area contributed by atoms with E-state index in [0.717, 1.165) is 25.7 Å². The van der Waals surface area contributed by atoms with E-state index in [9.17, 15) is 9.59 Å². The van der Waals surface area contributed by atoms with E-state index < -0.39 is 11.9 Å². The second-order valence-corrected chi connectivity index (χ2v) is 11.3. The van der Waals surface area contributed by atoms with Crippen LogP contribution >= 0.6 is 0 Å². The molecule has 2 fully saturated rings. The SMILES string of the molecule is CN1C(C)(C)CC(OC(=O)CC(=O)OC2CC(C)(C)NC(C)(C)C2)CC1(C)C. The molecule has 0 unspecified atom stereocenters.